The molecule has 7 nitrogen and oxygen atoms in total. The zero-order valence-electron chi connectivity index (χ0n) is 20.3. The Morgan fingerprint density at radius 1 is 1.09 bits per heavy atom. The Hall–Kier alpha value is -2.71. The maximum Gasteiger partial charge on any atom is 0.257 e. The van der Waals surface area contributed by atoms with Crippen LogP contribution in [0, 0.1) is 0 Å². The fourth-order valence-electron chi connectivity index (χ4n) is 5.02. The van der Waals surface area contributed by atoms with Crippen LogP contribution in [0.15, 0.2) is 24.3 Å². The average molecular weight is 480 g/mol. The number of carbonyl (C=O) groups is 1. The summed E-state index contributed by atoms with van der Waals surface area (Å²) in [7, 11) is 1.61. The first-order valence-corrected chi connectivity index (χ1v) is 13.1. The number of piperazine rings is 1. The second-order valence-electron chi connectivity index (χ2n) is 9.00. The highest BCUT2D eigenvalue weighted by Gasteiger charge is 2.29. The van der Waals surface area contributed by atoms with Crippen molar-refractivity contribution < 1.29 is 9.53 Å². The van der Waals surface area contributed by atoms with E-state index in [0.717, 1.165) is 68.5 Å². The molecule has 1 amide bonds. The molecule has 2 aliphatic rings. The Bertz CT molecular complexity index is 1190. The lowest BCUT2D eigenvalue weighted by Gasteiger charge is -2.36. The van der Waals surface area contributed by atoms with Gasteiger partial charge in [-0.1, -0.05) is 26.0 Å². The average Bonchev–Trinajstić information content (AvgIpc) is 3.25. The van der Waals surface area contributed by atoms with Crippen LogP contribution in [-0.4, -0.2) is 72.1 Å². The first-order chi connectivity index (χ1) is 16.6. The third-order valence-electron chi connectivity index (χ3n) is 6.93. The summed E-state index contributed by atoms with van der Waals surface area (Å²) in [6.45, 7) is 10.5. The van der Waals surface area contributed by atoms with Gasteiger partial charge in [-0.15, -0.1) is 11.3 Å². The van der Waals surface area contributed by atoms with Crippen LogP contribution in [0.4, 0.5) is 5.82 Å². The number of methoxy groups -OCH3 is 1. The highest BCUT2D eigenvalue weighted by molar-refractivity contribution is 7.19. The number of para-hydroxylation sites is 1. The number of amides is 1. The number of hydrogen-bond donors (Lipinski definition) is 0. The minimum absolute atomic E-state index is 0.0316. The van der Waals surface area contributed by atoms with Crippen molar-refractivity contribution in [1.29, 1.82) is 0 Å². The van der Waals surface area contributed by atoms with E-state index in [4.69, 9.17) is 14.7 Å². The highest BCUT2D eigenvalue weighted by atomic mass is 32.1. The van der Waals surface area contributed by atoms with Crippen molar-refractivity contribution in [3.05, 3.63) is 46.1 Å². The summed E-state index contributed by atoms with van der Waals surface area (Å²) in [4.78, 5) is 32.6. The van der Waals surface area contributed by atoms with E-state index >= 15 is 0 Å². The minimum Gasteiger partial charge on any atom is -0.496 e. The van der Waals surface area contributed by atoms with Gasteiger partial charge in [0.1, 0.15) is 22.2 Å². The SMILES string of the molecule is CCCc1nc(N2CCN(C(=O)c3ccccc3OC)CC2)c2c3c(sc2n1)CN(CC)CC3. The summed E-state index contributed by atoms with van der Waals surface area (Å²) >= 11 is 1.85. The summed E-state index contributed by atoms with van der Waals surface area (Å²) in [6, 6.07) is 7.47. The third kappa shape index (κ3) is 4.25. The fraction of sp³-hybridized carbons (Fsp3) is 0.500. The van der Waals surface area contributed by atoms with Crippen LogP contribution in [0.1, 0.15) is 46.9 Å². The van der Waals surface area contributed by atoms with Gasteiger partial charge >= 0.3 is 0 Å². The lowest BCUT2D eigenvalue weighted by molar-refractivity contribution is 0.0743. The van der Waals surface area contributed by atoms with Gasteiger partial charge < -0.3 is 14.5 Å². The van der Waals surface area contributed by atoms with Gasteiger partial charge in [-0.3, -0.25) is 9.69 Å². The number of rotatable bonds is 6. The Kier molecular flexibility index (Phi) is 6.70. The first-order valence-electron chi connectivity index (χ1n) is 12.3. The maximum absolute atomic E-state index is 13.2. The summed E-state index contributed by atoms with van der Waals surface area (Å²) in [5, 5.41) is 1.25. The van der Waals surface area contributed by atoms with Crippen LogP contribution in [0.3, 0.4) is 0 Å². The molecule has 5 rings (SSSR count). The van der Waals surface area contributed by atoms with Crippen molar-refractivity contribution in [2.24, 2.45) is 0 Å². The standard InChI is InChI=1S/C26H33N5O2S/c1-4-8-22-27-24(23-19-11-12-29(5-2)17-21(19)34-25(23)28-22)30-13-15-31(16-14-30)26(32)18-9-6-7-10-20(18)33-3/h6-7,9-10H,4-5,8,11-17H2,1-3H3. The zero-order valence-corrected chi connectivity index (χ0v) is 21.2. The van der Waals surface area contributed by atoms with Crippen molar-refractivity contribution in [3.8, 4) is 5.75 Å². The van der Waals surface area contributed by atoms with E-state index in [1.54, 1.807) is 7.11 Å². The molecule has 0 unspecified atom stereocenters. The monoisotopic (exact) mass is 479 g/mol. The van der Waals surface area contributed by atoms with Crippen LogP contribution in [0.2, 0.25) is 0 Å². The molecule has 2 aliphatic heterocycles. The van der Waals surface area contributed by atoms with E-state index in [2.05, 4.69) is 23.6 Å². The molecule has 4 heterocycles. The zero-order chi connectivity index (χ0) is 23.7. The molecule has 0 saturated carbocycles. The summed E-state index contributed by atoms with van der Waals surface area (Å²) < 4.78 is 5.41. The number of aromatic nitrogens is 2. The number of carbonyl (C=O) groups excluding carboxylic acids is 1. The van der Waals surface area contributed by atoms with E-state index in [0.29, 0.717) is 24.4 Å². The predicted molar refractivity (Wildman–Crippen MR) is 137 cm³/mol. The molecule has 2 aromatic heterocycles. The molecule has 180 valence electrons. The molecule has 0 spiro atoms. The van der Waals surface area contributed by atoms with Crippen molar-refractivity contribution in [2.45, 2.75) is 39.7 Å². The van der Waals surface area contributed by atoms with Crippen LogP contribution in [-0.2, 0) is 19.4 Å². The predicted octanol–water partition coefficient (Wildman–Crippen LogP) is 3.99. The van der Waals surface area contributed by atoms with Crippen LogP contribution in [0.5, 0.6) is 5.75 Å². The third-order valence-corrected chi connectivity index (χ3v) is 8.04. The number of hydrogen-bond acceptors (Lipinski definition) is 7. The van der Waals surface area contributed by atoms with Crippen molar-refractivity contribution >= 4 is 33.3 Å². The molecule has 3 aromatic rings. The molecule has 1 aromatic carbocycles. The molecule has 0 atom stereocenters. The molecule has 1 saturated heterocycles. The quantitative estimate of drug-likeness (QED) is 0.533. The Morgan fingerprint density at radius 3 is 2.62 bits per heavy atom. The number of nitrogens with zero attached hydrogens (tertiary/aromatic N) is 5. The minimum atomic E-state index is 0.0316. The number of likely N-dealkylation sites (N-methyl/N-ethyl adjacent to an activating group) is 1. The molecular formula is C26H33N5O2S. The van der Waals surface area contributed by atoms with Gasteiger partial charge in [-0.2, -0.15) is 0 Å². The number of ether oxygens (including phenoxy) is 1. The first kappa shape index (κ1) is 23.1. The topological polar surface area (TPSA) is 61.8 Å². The molecule has 34 heavy (non-hydrogen) atoms. The van der Waals surface area contributed by atoms with Gasteiger partial charge in [0.25, 0.3) is 5.91 Å². The second-order valence-corrected chi connectivity index (χ2v) is 10.1. The van der Waals surface area contributed by atoms with Gasteiger partial charge in [-0.25, -0.2) is 9.97 Å². The normalized spacial score (nSPS) is 16.7. The molecule has 8 heteroatoms. The van der Waals surface area contributed by atoms with E-state index in [9.17, 15) is 4.79 Å². The van der Waals surface area contributed by atoms with Crippen molar-refractivity contribution in [2.75, 3.05) is 51.3 Å². The Balaban J connectivity index is 1.42. The van der Waals surface area contributed by atoms with Gasteiger partial charge in [0, 0.05) is 50.6 Å². The molecular weight excluding hydrogens is 446 g/mol. The van der Waals surface area contributed by atoms with E-state index in [-0.39, 0.29) is 5.91 Å². The summed E-state index contributed by atoms with van der Waals surface area (Å²) in [5.74, 6) is 2.66. The van der Waals surface area contributed by atoms with E-state index < -0.39 is 0 Å². The van der Waals surface area contributed by atoms with Gasteiger partial charge in [-0.05, 0) is 37.1 Å². The number of fused-ring (bicyclic) bond motifs is 3. The smallest absolute Gasteiger partial charge is 0.257 e. The van der Waals surface area contributed by atoms with Gasteiger partial charge in [0.15, 0.2) is 0 Å². The van der Waals surface area contributed by atoms with Gasteiger partial charge in [0.05, 0.1) is 18.1 Å². The van der Waals surface area contributed by atoms with Crippen LogP contribution in [0.25, 0.3) is 10.2 Å². The number of anilines is 1. The van der Waals surface area contributed by atoms with Crippen LogP contribution >= 0.6 is 11.3 Å². The van der Waals surface area contributed by atoms with Crippen LogP contribution < -0.4 is 9.64 Å². The largest absolute Gasteiger partial charge is 0.496 e. The molecule has 0 bridgehead atoms. The van der Waals surface area contributed by atoms with Crippen molar-refractivity contribution in [1.82, 2.24) is 19.8 Å². The van der Waals surface area contributed by atoms with Crippen molar-refractivity contribution in [3.63, 3.8) is 0 Å². The van der Waals surface area contributed by atoms with Gasteiger partial charge in [0.2, 0.25) is 0 Å². The lowest BCUT2D eigenvalue weighted by atomic mass is 10.0. The molecule has 0 aliphatic carbocycles. The van der Waals surface area contributed by atoms with E-state index in [1.165, 1.54) is 15.8 Å². The fourth-order valence-corrected chi connectivity index (χ4v) is 6.29. The highest BCUT2D eigenvalue weighted by Crippen LogP contribution is 2.39. The molecule has 0 N–H and O–H groups in total. The number of aryl methyl sites for hydroxylation is 1. The second kappa shape index (κ2) is 9.88. The number of benzene rings is 1. The lowest BCUT2D eigenvalue weighted by Crippen LogP contribution is -2.49. The molecule has 1 fully saturated rings. The number of thiophene rings is 1. The summed E-state index contributed by atoms with van der Waals surface area (Å²) in [6.07, 6.45) is 2.97. The Labute approximate surface area is 205 Å². The van der Waals surface area contributed by atoms with E-state index in [1.807, 2.05) is 40.5 Å². The summed E-state index contributed by atoms with van der Waals surface area (Å²) in [5.41, 5.74) is 2.07. The maximum atomic E-state index is 13.2. The Morgan fingerprint density at radius 2 is 1.88 bits per heavy atom. The molecule has 0 radical (unpaired) electrons.